The summed E-state index contributed by atoms with van der Waals surface area (Å²) >= 11 is 1.47. The van der Waals surface area contributed by atoms with Gasteiger partial charge in [0.05, 0.1) is 0 Å². The van der Waals surface area contributed by atoms with Crippen LogP contribution in [0.3, 0.4) is 0 Å². The van der Waals surface area contributed by atoms with Crippen LogP contribution in [0.2, 0.25) is 0 Å². The van der Waals surface area contributed by atoms with Crippen molar-refractivity contribution in [2.24, 2.45) is 0 Å². The number of hydrogen-bond donors (Lipinski definition) is 0. The summed E-state index contributed by atoms with van der Waals surface area (Å²) in [6, 6.07) is 0. The molecule has 0 fully saturated rings. The Morgan fingerprint density at radius 3 is 2.40 bits per heavy atom. The Kier molecular flexibility index (Phi) is 4.89. The van der Waals surface area contributed by atoms with Gasteiger partial charge in [-0.05, 0) is 0 Å². The predicted octanol–water partition coefficient (Wildman–Crippen LogP) is 1.29. The quantitative estimate of drug-likeness (QED) is 0.646. The number of rotatable bonds is 1. The van der Waals surface area contributed by atoms with Crippen molar-refractivity contribution in [1.82, 2.24) is 0 Å². The van der Waals surface area contributed by atoms with Crippen LogP contribution in [-0.2, 0) is 19.2 Å². The van der Waals surface area contributed by atoms with Crippen LogP contribution >= 0.6 is 0 Å². The van der Waals surface area contributed by atoms with E-state index in [9.17, 15) is 0 Å². The van der Waals surface area contributed by atoms with Crippen LogP contribution in [0.25, 0.3) is 0 Å². The molecule has 0 nitrogen and oxygen atoms in total. The molecule has 0 saturated heterocycles. The topological polar surface area (TPSA) is 0 Å². The molecule has 5 heavy (non-hydrogen) atoms. The Bertz CT molecular complexity index is 42.1. The van der Waals surface area contributed by atoms with Crippen LogP contribution in [0.15, 0.2) is 0 Å². The molecule has 0 bridgehead atoms. The Labute approximate surface area is 43.6 Å². The van der Waals surface area contributed by atoms with E-state index in [2.05, 4.69) is 11.1 Å². The molecule has 0 heterocycles. The first-order valence-corrected chi connectivity index (χ1v) is 3.23. The number of hydrogen-bond acceptors (Lipinski definition) is 0. The fraction of sp³-hybridized carbons (Fsp3) is 0.750. The Morgan fingerprint density at radius 2 is 2.40 bits per heavy atom. The Morgan fingerprint density at radius 1 is 1.80 bits per heavy atom. The molecule has 0 rings (SSSR count). The van der Waals surface area contributed by atoms with Crippen molar-refractivity contribution in [3.63, 3.8) is 0 Å². The first-order valence-electron chi connectivity index (χ1n) is 1.76. The fourth-order valence-electron chi connectivity index (χ4n) is 0.102. The van der Waals surface area contributed by atoms with Gasteiger partial charge in [0.2, 0.25) is 0 Å². The van der Waals surface area contributed by atoms with Gasteiger partial charge in [0.1, 0.15) is 0 Å². The van der Waals surface area contributed by atoms with Gasteiger partial charge in [0.25, 0.3) is 0 Å². The molecule has 0 unspecified atom stereocenters. The summed E-state index contributed by atoms with van der Waals surface area (Å²) in [5.74, 6) is 0. The van der Waals surface area contributed by atoms with E-state index in [1.807, 2.05) is 0 Å². The van der Waals surface area contributed by atoms with Crippen molar-refractivity contribution >= 4 is 0 Å². The average molecular weight is 239 g/mol. The molecule has 0 saturated carbocycles. The molecular weight excluding hydrogens is 232 g/mol. The van der Waals surface area contributed by atoms with E-state index < -0.39 is 0 Å². The minimum absolute atomic E-state index is 1.18. The molecule has 0 aliphatic heterocycles. The molecule has 1 heteroatoms. The van der Waals surface area contributed by atoms with Crippen LogP contribution in [0.5, 0.6) is 0 Å². The van der Waals surface area contributed by atoms with Crippen molar-refractivity contribution < 1.29 is 19.2 Å². The minimum atomic E-state index is 1.18. The second-order valence-corrected chi connectivity index (χ2v) is 1.93. The molecule has 0 aliphatic carbocycles. The first-order chi connectivity index (χ1) is 2.41. The zero-order valence-electron chi connectivity index (χ0n) is 3.32. The normalized spacial score (nSPS) is 6.60. The predicted molar refractivity (Wildman–Crippen MR) is 18.8 cm³/mol. The van der Waals surface area contributed by atoms with E-state index in [4.69, 9.17) is 0 Å². The third kappa shape index (κ3) is 4.47. The van der Waals surface area contributed by atoms with E-state index in [1.54, 1.807) is 0 Å². The summed E-state index contributed by atoms with van der Waals surface area (Å²) in [7, 11) is 0. The van der Waals surface area contributed by atoms with Crippen LogP contribution < -0.4 is 0 Å². The van der Waals surface area contributed by atoms with E-state index >= 15 is 0 Å². The van der Waals surface area contributed by atoms with Gasteiger partial charge in [-0.15, -0.1) is 0 Å². The SMILES string of the molecule is CCC[C]#[W-]. The van der Waals surface area contributed by atoms with Crippen molar-refractivity contribution in [3.05, 3.63) is 0 Å². The van der Waals surface area contributed by atoms with Gasteiger partial charge in [0.15, 0.2) is 0 Å². The average Bonchev–Trinajstić information content (AvgIpc) is 1.41. The zero-order chi connectivity index (χ0) is 4.12. The van der Waals surface area contributed by atoms with Crippen molar-refractivity contribution in [2.45, 2.75) is 19.8 Å². The third-order valence-corrected chi connectivity index (χ3v) is 1.09. The molecule has 0 radical (unpaired) electrons. The summed E-state index contributed by atoms with van der Waals surface area (Å²) in [5.41, 5.74) is 0. The molecule has 0 aromatic carbocycles. The fourth-order valence-corrected chi connectivity index (χ4v) is 0.835. The van der Waals surface area contributed by atoms with Crippen molar-refractivity contribution in [2.75, 3.05) is 0 Å². The molecule has 0 aromatic heterocycles. The monoisotopic (exact) mass is 239 g/mol. The van der Waals surface area contributed by atoms with E-state index in [1.165, 1.54) is 32.0 Å². The van der Waals surface area contributed by atoms with Gasteiger partial charge in [-0.1, -0.05) is 0 Å². The Hall–Kier alpha value is 0.468. The van der Waals surface area contributed by atoms with Gasteiger partial charge >= 0.3 is 43.1 Å². The molecule has 30 valence electrons. The molecule has 0 amide bonds. The summed E-state index contributed by atoms with van der Waals surface area (Å²) < 4.78 is 3.10. The zero-order valence-corrected chi connectivity index (χ0v) is 6.26. The van der Waals surface area contributed by atoms with Crippen molar-refractivity contribution in [1.29, 1.82) is 0 Å². The molecule has 0 N–H and O–H groups in total. The van der Waals surface area contributed by atoms with Gasteiger partial charge in [0, 0.05) is 0 Å². The van der Waals surface area contributed by atoms with E-state index in [0.717, 1.165) is 0 Å². The first kappa shape index (κ1) is 5.47. The van der Waals surface area contributed by atoms with Gasteiger partial charge in [-0.3, -0.25) is 0 Å². The molecule has 0 aromatic rings. The molecule has 0 atom stereocenters. The van der Waals surface area contributed by atoms with E-state index in [0.29, 0.717) is 0 Å². The van der Waals surface area contributed by atoms with Crippen LogP contribution in [0.4, 0.5) is 0 Å². The maximum atomic E-state index is 3.10. The summed E-state index contributed by atoms with van der Waals surface area (Å²) in [4.78, 5) is 0. The second kappa shape index (κ2) is 4.47. The number of unbranched alkanes of at least 4 members (excludes halogenated alkanes) is 1. The third-order valence-electron chi connectivity index (χ3n) is 0.352. The summed E-state index contributed by atoms with van der Waals surface area (Å²) in [6.45, 7) is 2.16. The van der Waals surface area contributed by atoms with Crippen molar-refractivity contribution in [3.8, 4) is 4.20 Å². The van der Waals surface area contributed by atoms with Crippen LogP contribution in [0.1, 0.15) is 19.8 Å². The Balaban J connectivity index is 2.48. The second-order valence-electron chi connectivity index (χ2n) is 0.894. The summed E-state index contributed by atoms with van der Waals surface area (Å²) in [6.07, 6.45) is 2.43. The van der Waals surface area contributed by atoms with Crippen LogP contribution in [-0.4, -0.2) is 0 Å². The van der Waals surface area contributed by atoms with E-state index in [-0.39, 0.29) is 0 Å². The summed E-state index contributed by atoms with van der Waals surface area (Å²) in [5, 5.41) is 0. The van der Waals surface area contributed by atoms with Crippen LogP contribution in [0, 0.1) is 4.20 Å². The van der Waals surface area contributed by atoms with Gasteiger partial charge in [-0.2, -0.15) is 0 Å². The maximum absolute atomic E-state index is 3.10. The van der Waals surface area contributed by atoms with Gasteiger partial charge < -0.3 is 0 Å². The molecule has 0 spiro atoms. The van der Waals surface area contributed by atoms with Gasteiger partial charge in [-0.25, -0.2) is 0 Å². The molecular formula is C4H7W-. The standard InChI is InChI=1S/C4H7.W/c1-3-4-2;/h3-4H2,1H3;/q;-1. The molecule has 0 aliphatic rings.